The maximum atomic E-state index is 11.4. The van der Waals surface area contributed by atoms with Gasteiger partial charge < -0.3 is 14.7 Å². The van der Waals surface area contributed by atoms with Crippen LogP contribution in [0.3, 0.4) is 0 Å². The van der Waals surface area contributed by atoms with E-state index in [1.165, 1.54) is 7.11 Å². The monoisotopic (exact) mass is 199 g/mol. The van der Waals surface area contributed by atoms with Crippen LogP contribution in [0.1, 0.15) is 25.7 Å². The Morgan fingerprint density at radius 2 is 1.93 bits per heavy atom. The number of fused-ring (bicyclic) bond motifs is 2. The van der Waals surface area contributed by atoms with E-state index in [1.54, 1.807) is 0 Å². The van der Waals surface area contributed by atoms with Crippen LogP contribution < -0.4 is 0 Å². The van der Waals surface area contributed by atoms with Gasteiger partial charge in [-0.25, -0.2) is 4.79 Å². The van der Waals surface area contributed by atoms with Gasteiger partial charge >= 0.3 is 5.97 Å². The summed E-state index contributed by atoms with van der Waals surface area (Å²) in [6, 6.07) is 0.690. The fourth-order valence-corrected chi connectivity index (χ4v) is 2.80. The predicted octanol–water partition coefficient (Wildman–Crippen LogP) is 0.147. The van der Waals surface area contributed by atoms with E-state index in [2.05, 4.69) is 16.7 Å². The minimum Gasteiger partial charge on any atom is -0.467 e. The van der Waals surface area contributed by atoms with Gasteiger partial charge in [-0.2, -0.15) is 0 Å². The lowest BCUT2D eigenvalue weighted by Crippen LogP contribution is -2.53. The Hall–Kier alpha value is -0.610. The number of nitrogens with zero attached hydrogens (tertiary/aromatic N) is 1. The van der Waals surface area contributed by atoms with Crippen LogP contribution >= 0.6 is 0 Å². The van der Waals surface area contributed by atoms with Crippen molar-refractivity contribution in [2.45, 2.75) is 43.4 Å². The molecule has 14 heavy (non-hydrogen) atoms. The van der Waals surface area contributed by atoms with Gasteiger partial charge in [-0.1, -0.05) is 0 Å². The molecule has 0 aromatic rings. The number of ether oxygens (including phenoxy) is 1. The quantitative estimate of drug-likeness (QED) is 0.611. The molecule has 80 valence electrons. The Bertz CT molecular complexity index is 240. The third kappa shape index (κ3) is 1.33. The first kappa shape index (κ1) is 9.93. The number of aliphatic hydroxyl groups is 1. The summed E-state index contributed by atoms with van der Waals surface area (Å²) in [5, 5.41) is 10.1. The molecule has 1 N–H and O–H groups in total. The van der Waals surface area contributed by atoms with Crippen LogP contribution in [-0.4, -0.2) is 47.8 Å². The van der Waals surface area contributed by atoms with E-state index in [4.69, 9.17) is 0 Å². The highest BCUT2D eigenvalue weighted by atomic mass is 16.5. The minimum atomic E-state index is -1.23. The number of methoxy groups -OCH3 is 1. The van der Waals surface area contributed by atoms with E-state index in [0.717, 1.165) is 12.8 Å². The lowest BCUT2D eigenvalue weighted by molar-refractivity contribution is -0.170. The number of esters is 1. The maximum absolute atomic E-state index is 11.4. The van der Waals surface area contributed by atoms with Crippen molar-refractivity contribution in [3.63, 3.8) is 0 Å². The predicted molar refractivity (Wildman–Crippen MR) is 50.8 cm³/mol. The molecule has 4 heteroatoms. The number of carbonyl (C=O) groups excluding carboxylic acids is 1. The zero-order valence-electron chi connectivity index (χ0n) is 8.69. The molecule has 4 nitrogen and oxygen atoms in total. The molecule has 0 radical (unpaired) electrons. The fraction of sp³-hybridized carbons (Fsp3) is 0.900. The maximum Gasteiger partial charge on any atom is 0.337 e. The van der Waals surface area contributed by atoms with E-state index in [9.17, 15) is 9.90 Å². The molecule has 2 heterocycles. The second-order valence-electron chi connectivity index (χ2n) is 4.48. The van der Waals surface area contributed by atoms with Crippen molar-refractivity contribution in [1.82, 2.24) is 4.90 Å². The third-order valence-corrected chi connectivity index (χ3v) is 3.70. The number of hydrogen-bond donors (Lipinski definition) is 1. The van der Waals surface area contributed by atoms with Gasteiger partial charge in [0, 0.05) is 24.9 Å². The lowest BCUT2D eigenvalue weighted by atomic mass is 9.86. The van der Waals surface area contributed by atoms with E-state index >= 15 is 0 Å². The molecule has 0 aliphatic carbocycles. The van der Waals surface area contributed by atoms with Crippen LogP contribution in [0.5, 0.6) is 0 Å². The highest BCUT2D eigenvalue weighted by Gasteiger charge is 2.50. The van der Waals surface area contributed by atoms with Gasteiger partial charge in [-0.3, -0.25) is 0 Å². The van der Waals surface area contributed by atoms with E-state index in [1.807, 2.05) is 0 Å². The Balaban J connectivity index is 2.15. The van der Waals surface area contributed by atoms with E-state index in [-0.39, 0.29) is 0 Å². The summed E-state index contributed by atoms with van der Waals surface area (Å²) >= 11 is 0. The zero-order chi connectivity index (χ0) is 10.3. The van der Waals surface area contributed by atoms with E-state index in [0.29, 0.717) is 24.9 Å². The summed E-state index contributed by atoms with van der Waals surface area (Å²) in [6.45, 7) is 0. The summed E-state index contributed by atoms with van der Waals surface area (Å²) in [6.07, 6.45) is 3.21. The average Bonchev–Trinajstić information content (AvgIpc) is 2.42. The number of piperidine rings is 1. The number of hydrogen-bond acceptors (Lipinski definition) is 4. The molecule has 3 atom stereocenters. The van der Waals surface area contributed by atoms with Gasteiger partial charge in [0.2, 0.25) is 0 Å². The third-order valence-electron chi connectivity index (χ3n) is 3.70. The summed E-state index contributed by atoms with van der Waals surface area (Å²) < 4.78 is 4.64. The molecule has 2 bridgehead atoms. The first-order valence-electron chi connectivity index (χ1n) is 5.09. The first-order valence-corrected chi connectivity index (χ1v) is 5.09. The highest BCUT2D eigenvalue weighted by molar-refractivity contribution is 5.79. The number of carbonyl (C=O) groups is 1. The van der Waals surface area contributed by atoms with Gasteiger partial charge in [0.25, 0.3) is 0 Å². The molecule has 2 unspecified atom stereocenters. The van der Waals surface area contributed by atoms with Gasteiger partial charge in [-0.15, -0.1) is 0 Å². The van der Waals surface area contributed by atoms with Crippen molar-refractivity contribution in [3.05, 3.63) is 0 Å². The molecular weight excluding hydrogens is 182 g/mol. The molecule has 0 spiro atoms. The second kappa shape index (κ2) is 3.21. The Labute approximate surface area is 83.8 Å². The molecule has 0 aromatic carbocycles. The van der Waals surface area contributed by atoms with Crippen molar-refractivity contribution in [1.29, 1.82) is 0 Å². The molecule has 0 saturated carbocycles. The van der Waals surface area contributed by atoms with Gasteiger partial charge in [0.15, 0.2) is 5.60 Å². The van der Waals surface area contributed by atoms with Crippen LogP contribution in [0, 0.1) is 0 Å². The largest absolute Gasteiger partial charge is 0.467 e. The fourth-order valence-electron chi connectivity index (χ4n) is 2.80. The average molecular weight is 199 g/mol. The summed E-state index contributed by atoms with van der Waals surface area (Å²) in [4.78, 5) is 13.7. The van der Waals surface area contributed by atoms with Crippen LogP contribution in [0.25, 0.3) is 0 Å². The second-order valence-corrected chi connectivity index (χ2v) is 4.48. The van der Waals surface area contributed by atoms with Crippen LogP contribution in [-0.2, 0) is 9.53 Å². The summed E-state index contributed by atoms with van der Waals surface area (Å²) in [5.74, 6) is -0.470. The molecule has 2 saturated heterocycles. The van der Waals surface area contributed by atoms with Crippen LogP contribution in [0.4, 0.5) is 0 Å². The van der Waals surface area contributed by atoms with Crippen molar-refractivity contribution in [2.75, 3.05) is 14.2 Å². The Kier molecular flexibility index (Phi) is 2.27. The standard InChI is InChI=1S/C10H17NO3/c1-11-7-3-4-8(11)6-10(13,5-7)9(12)14-2/h7-8,13H,3-6H2,1-2H3/t7-,8?,10?/m0/s1. The molecule has 0 amide bonds. The molecule has 2 aliphatic heterocycles. The molecule has 2 aliphatic rings. The normalized spacial score (nSPS) is 42.5. The van der Waals surface area contributed by atoms with Crippen molar-refractivity contribution in [3.8, 4) is 0 Å². The molecule has 0 aromatic heterocycles. The first-order chi connectivity index (χ1) is 6.57. The molecule has 2 rings (SSSR count). The highest BCUT2D eigenvalue weighted by Crippen LogP contribution is 2.40. The molecule has 2 fully saturated rings. The summed E-state index contributed by atoms with van der Waals surface area (Å²) in [7, 11) is 3.40. The van der Waals surface area contributed by atoms with Crippen LogP contribution in [0.2, 0.25) is 0 Å². The van der Waals surface area contributed by atoms with Gasteiger partial charge in [-0.05, 0) is 19.9 Å². The molecular formula is C10H17NO3. The van der Waals surface area contributed by atoms with Gasteiger partial charge in [0.1, 0.15) is 0 Å². The van der Waals surface area contributed by atoms with Crippen molar-refractivity contribution in [2.24, 2.45) is 0 Å². The smallest absolute Gasteiger partial charge is 0.337 e. The zero-order valence-corrected chi connectivity index (χ0v) is 8.69. The van der Waals surface area contributed by atoms with Crippen LogP contribution in [0.15, 0.2) is 0 Å². The Morgan fingerprint density at radius 3 is 2.36 bits per heavy atom. The summed E-state index contributed by atoms with van der Waals surface area (Å²) in [5.41, 5.74) is -1.23. The topological polar surface area (TPSA) is 49.8 Å². The van der Waals surface area contributed by atoms with Gasteiger partial charge in [0.05, 0.1) is 7.11 Å². The van der Waals surface area contributed by atoms with Crippen molar-refractivity contribution < 1.29 is 14.6 Å². The van der Waals surface area contributed by atoms with Crippen molar-refractivity contribution >= 4 is 5.97 Å². The SMILES string of the molecule is COC(=O)C1(O)CC2CC[C@@H](C1)N2C. The Morgan fingerprint density at radius 1 is 1.43 bits per heavy atom. The number of rotatable bonds is 1. The van der Waals surface area contributed by atoms with E-state index < -0.39 is 11.6 Å². The lowest BCUT2D eigenvalue weighted by Gasteiger charge is -2.40. The minimum absolute atomic E-state index is 0.345.